The summed E-state index contributed by atoms with van der Waals surface area (Å²) < 4.78 is 46.8. The lowest BCUT2D eigenvalue weighted by Crippen LogP contribution is -2.30. The summed E-state index contributed by atoms with van der Waals surface area (Å²) in [5.74, 6) is -0.230. The van der Waals surface area contributed by atoms with Crippen LogP contribution in [0.2, 0.25) is 0 Å². The number of rotatable bonds is 10. The summed E-state index contributed by atoms with van der Waals surface area (Å²) in [6.45, 7) is 1.89. The fourth-order valence-electron chi connectivity index (χ4n) is 3.74. The van der Waals surface area contributed by atoms with Gasteiger partial charge in [-0.25, -0.2) is 18.2 Å². The van der Waals surface area contributed by atoms with E-state index < -0.39 is 15.9 Å². The van der Waals surface area contributed by atoms with Gasteiger partial charge in [-0.3, -0.25) is 9.78 Å². The molecule has 1 N–H and O–H groups in total. The lowest BCUT2D eigenvalue weighted by atomic mass is 10.1. The summed E-state index contributed by atoms with van der Waals surface area (Å²) >= 11 is 0. The summed E-state index contributed by atoms with van der Waals surface area (Å²) in [6.07, 6.45) is 3.25. The third kappa shape index (κ3) is 7.13. The van der Waals surface area contributed by atoms with E-state index in [4.69, 9.17) is 4.74 Å². The molecule has 1 aromatic heterocycles. The fraction of sp³-hybridized carbons (Fsp3) is 0.138. The van der Waals surface area contributed by atoms with Gasteiger partial charge in [0.25, 0.3) is 5.91 Å². The highest BCUT2D eigenvalue weighted by Gasteiger charge is 2.25. The Morgan fingerprint density at radius 1 is 0.923 bits per heavy atom. The van der Waals surface area contributed by atoms with E-state index in [1.807, 2.05) is 6.07 Å². The molecule has 0 unspecified atom stereocenters. The van der Waals surface area contributed by atoms with Crippen molar-refractivity contribution in [2.24, 2.45) is 5.10 Å². The highest BCUT2D eigenvalue weighted by atomic mass is 32.2. The first-order valence-corrected chi connectivity index (χ1v) is 13.4. The van der Waals surface area contributed by atoms with Gasteiger partial charge in [-0.1, -0.05) is 30.3 Å². The molecule has 39 heavy (non-hydrogen) atoms. The predicted octanol–water partition coefficient (Wildman–Crippen LogP) is 4.77. The number of nitrogens with zero attached hydrogens (tertiary/aromatic N) is 3. The van der Waals surface area contributed by atoms with Crippen molar-refractivity contribution in [3.05, 3.63) is 125 Å². The van der Waals surface area contributed by atoms with E-state index in [-0.39, 0.29) is 23.8 Å². The summed E-state index contributed by atoms with van der Waals surface area (Å²) in [4.78, 5) is 16.8. The van der Waals surface area contributed by atoms with E-state index in [1.54, 1.807) is 73.9 Å². The smallest absolute Gasteiger partial charge is 0.271 e. The molecule has 0 saturated carbocycles. The van der Waals surface area contributed by atoms with Gasteiger partial charge in [0, 0.05) is 31.0 Å². The van der Waals surface area contributed by atoms with Gasteiger partial charge in [0.05, 0.1) is 17.7 Å². The monoisotopic (exact) mass is 546 g/mol. The minimum Gasteiger partial charge on any atom is -0.497 e. The third-order valence-electron chi connectivity index (χ3n) is 5.94. The van der Waals surface area contributed by atoms with Crippen molar-refractivity contribution in [3.63, 3.8) is 0 Å². The maximum absolute atomic E-state index is 13.6. The van der Waals surface area contributed by atoms with E-state index >= 15 is 0 Å². The molecular weight excluding hydrogens is 519 g/mol. The molecule has 0 radical (unpaired) electrons. The number of carbonyl (C=O) groups is 1. The maximum Gasteiger partial charge on any atom is 0.271 e. The van der Waals surface area contributed by atoms with Gasteiger partial charge in [0.1, 0.15) is 11.6 Å². The molecule has 0 aliphatic heterocycles. The van der Waals surface area contributed by atoms with Gasteiger partial charge in [-0.2, -0.15) is 9.41 Å². The Bertz CT molecular complexity index is 1540. The van der Waals surface area contributed by atoms with Crippen LogP contribution in [0.3, 0.4) is 0 Å². The molecule has 0 atom stereocenters. The molecule has 1 amide bonds. The van der Waals surface area contributed by atoms with Crippen LogP contribution in [0, 0.1) is 5.82 Å². The number of hydrazone groups is 1. The van der Waals surface area contributed by atoms with Gasteiger partial charge in [-0.15, -0.1) is 0 Å². The Morgan fingerprint density at radius 2 is 1.56 bits per heavy atom. The Hall–Kier alpha value is -4.41. The van der Waals surface area contributed by atoms with Gasteiger partial charge in [0.2, 0.25) is 10.0 Å². The molecule has 0 aliphatic carbocycles. The lowest BCUT2D eigenvalue weighted by Gasteiger charge is -2.22. The van der Waals surface area contributed by atoms with E-state index in [0.29, 0.717) is 28.2 Å². The Morgan fingerprint density at radius 3 is 2.18 bits per heavy atom. The van der Waals surface area contributed by atoms with Gasteiger partial charge in [-0.05, 0) is 78.2 Å². The Labute approximate surface area is 226 Å². The molecule has 3 aromatic carbocycles. The molecular formula is C29H27FN4O4S. The molecule has 0 fully saturated rings. The third-order valence-corrected chi connectivity index (χ3v) is 7.75. The van der Waals surface area contributed by atoms with E-state index in [2.05, 4.69) is 15.5 Å². The van der Waals surface area contributed by atoms with Crippen LogP contribution in [0.25, 0.3) is 0 Å². The molecule has 200 valence electrons. The summed E-state index contributed by atoms with van der Waals surface area (Å²) in [6, 6.07) is 22.2. The van der Waals surface area contributed by atoms with Crippen molar-refractivity contribution in [1.82, 2.24) is 14.7 Å². The average Bonchev–Trinajstić information content (AvgIpc) is 2.96. The molecule has 10 heteroatoms. The molecule has 0 aliphatic rings. The Kier molecular flexibility index (Phi) is 8.80. The minimum absolute atomic E-state index is 0.0764. The number of methoxy groups -OCH3 is 1. The second-order valence-corrected chi connectivity index (χ2v) is 10.6. The maximum atomic E-state index is 13.6. The van der Waals surface area contributed by atoms with Crippen molar-refractivity contribution in [3.8, 4) is 5.75 Å². The lowest BCUT2D eigenvalue weighted by molar-refractivity contribution is 0.0954. The molecule has 8 nitrogen and oxygen atoms in total. The number of ether oxygens (including phenoxy) is 1. The molecule has 4 aromatic rings. The van der Waals surface area contributed by atoms with Gasteiger partial charge >= 0.3 is 0 Å². The number of nitrogens with one attached hydrogen (secondary N) is 1. The highest BCUT2D eigenvalue weighted by molar-refractivity contribution is 7.89. The zero-order chi connectivity index (χ0) is 27.8. The first-order chi connectivity index (χ1) is 18.8. The Balaban J connectivity index is 1.51. The normalized spacial score (nSPS) is 11.8. The van der Waals surface area contributed by atoms with Crippen molar-refractivity contribution in [1.29, 1.82) is 0 Å². The fourth-order valence-corrected chi connectivity index (χ4v) is 5.15. The molecule has 4 rings (SSSR count). The van der Waals surface area contributed by atoms with Gasteiger partial charge < -0.3 is 4.74 Å². The van der Waals surface area contributed by atoms with E-state index in [1.165, 1.54) is 35.7 Å². The first kappa shape index (κ1) is 27.6. The number of carbonyl (C=O) groups excluding carboxylic acids is 1. The van der Waals surface area contributed by atoms with Crippen LogP contribution in [0.4, 0.5) is 4.39 Å². The van der Waals surface area contributed by atoms with E-state index in [0.717, 1.165) is 5.56 Å². The van der Waals surface area contributed by atoms with Crippen molar-refractivity contribution in [2.75, 3.05) is 7.11 Å². The highest BCUT2D eigenvalue weighted by Crippen LogP contribution is 2.23. The van der Waals surface area contributed by atoms with Crippen molar-refractivity contribution in [2.45, 2.75) is 24.9 Å². The summed E-state index contributed by atoms with van der Waals surface area (Å²) in [5.41, 5.74) is 5.48. The van der Waals surface area contributed by atoms with Crippen LogP contribution in [-0.2, 0) is 23.1 Å². The zero-order valence-electron chi connectivity index (χ0n) is 21.4. The number of hydrogen-bond acceptors (Lipinski definition) is 6. The van der Waals surface area contributed by atoms with Crippen LogP contribution >= 0.6 is 0 Å². The number of halogens is 1. The van der Waals surface area contributed by atoms with Crippen LogP contribution in [0.5, 0.6) is 5.75 Å². The molecule has 0 saturated heterocycles. The number of amides is 1. The second kappa shape index (κ2) is 12.4. The topological polar surface area (TPSA) is 101 Å². The largest absolute Gasteiger partial charge is 0.497 e. The first-order valence-electron chi connectivity index (χ1n) is 12.0. The molecule has 0 spiro atoms. The number of pyridine rings is 1. The summed E-state index contributed by atoms with van der Waals surface area (Å²) in [5, 5.41) is 4.09. The van der Waals surface area contributed by atoms with E-state index in [9.17, 15) is 17.6 Å². The number of hydrogen-bond donors (Lipinski definition) is 1. The molecule has 0 bridgehead atoms. The minimum atomic E-state index is -3.87. The number of benzene rings is 3. The molecule has 1 heterocycles. The van der Waals surface area contributed by atoms with Crippen LogP contribution in [-0.4, -0.2) is 36.4 Å². The quantitative estimate of drug-likeness (QED) is 0.228. The number of aromatic nitrogens is 1. The van der Waals surface area contributed by atoms with Crippen LogP contribution < -0.4 is 10.2 Å². The zero-order valence-corrected chi connectivity index (χ0v) is 22.2. The second-order valence-electron chi connectivity index (χ2n) is 8.65. The summed E-state index contributed by atoms with van der Waals surface area (Å²) in [7, 11) is -2.35. The number of sulfonamides is 1. The van der Waals surface area contributed by atoms with Crippen LogP contribution in [0.1, 0.15) is 34.0 Å². The van der Waals surface area contributed by atoms with Crippen molar-refractivity contribution >= 4 is 21.6 Å². The van der Waals surface area contributed by atoms with Crippen LogP contribution in [0.15, 0.2) is 107 Å². The SMILES string of the molecule is COc1ccc(S(=O)(=O)N(Cc2ccc(C(=O)N/N=C(/C)c3ccc(F)cc3)cc2)Cc2cccnc2)cc1. The van der Waals surface area contributed by atoms with Crippen molar-refractivity contribution < 1.29 is 22.3 Å². The average molecular weight is 547 g/mol. The standard InChI is InChI=1S/C29H27FN4O4S/c1-21(24-9-11-26(30)12-10-24)32-33-29(35)25-7-5-22(6-8-25)19-34(20-23-4-3-17-31-18-23)39(36,37)28-15-13-27(38-2)14-16-28/h3-18H,19-20H2,1-2H3,(H,33,35)/b32-21-. The predicted molar refractivity (Wildman–Crippen MR) is 146 cm³/mol. The van der Waals surface area contributed by atoms with Gasteiger partial charge in [0.15, 0.2) is 0 Å².